The Morgan fingerprint density at radius 3 is 2.88 bits per heavy atom. The normalized spacial score (nSPS) is 12.5. The Morgan fingerprint density at radius 1 is 1.56 bits per heavy atom. The van der Waals surface area contributed by atoms with Crippen LogP contribution >= 0.6 is 11.8 Å². The number of nitrogen functional groups attached to an aromatic ring is 1. The maximum absolute atomic E-state index is 8.99. The molecule has 1 aromatic heterocycles. The van der Waals surface area contributed by atoms with Gasteiger partial charge in [0.15, 0.2) is 0 Å². The molecule has 16 heavy (non-hydrogen) atoms. The lowest BCUT2D eigenvalue weighted by Crippen LogP contribution is -2.11. The number of hydrogen-bond donors (Lipinski definition) is 3. The highest BCUT2D eigenvalue weighted by Gasteiger charge is 2.08. The first-order valence-corrected chi connectivity index (χ1v) is 6.19. The van der Waals surface area contributed by atoms with Crippen LogP contribution < -0.4 is 11.3 Å². The molecule has 4 N–H and O–H groups in total. The maximum Gasteiger partial charge on any atom is 0.144 e. The summed E-state index contributed by atoms with van der Waals surface area (Å²) in [5.74, 6) is 6.75. The predicted molar refractivity (Wildman–Crippen MR) is 66.2 cm³/mol. The molecule has 0 bridgehead atoms. The number of aliphatic hydroxyl groups excluding tert-OH is 1. The van der Waals surface area contributed by atoms with Crippen LogP contribution in [-0.2, 0) is 6.42 Å². The van der Waals surface area contributed by atoms with Gasteiger partial charge in [-0.25, -0.2) is 15.8 Å². The summed E-state index contributed by atoms with van der Waals surface area (Å²) < 4.78 is 0. The van der Waals surface area contributed by atoms with E-state index in [1.807, 2.05) is 6.92 Å². The van der Waals surface area contributed by atoms with Gasteiger partial charge in [0.25, 0.3) is 0 Å². The predicted octanol–water partition coefficient (Wildman–Crippen LogP) is 1.19. The van der Waals surface area contributed by atoms with Gasteiger partial charge in [-0.05, 0) is 6.42 Å². The van der Waals surface area contributed by atoms with Crippen molar-refractivity contribution in [3.63, 3.8) is 0 Å². The Bertz CT molecular complexity index is 335. The highest BCUT2D eigenvalue weighted by atomic mass is 32.2. The van der Waals surface area contributed by atoms with Gasteiger partial charge >= 0.3 is 0 Å². The summed E-state index contributed by atoms with van der Waals surface area (Å²) in [6.45, 7) is 4.15. The fourth-order valence-corrected chi connectivity index (χ4v) is 2.01. The second-order valence-electron chi connectivity index (χ2n) is 3.51. The number of rotatable bonds is 6. The second kappa shape index (κ2) is 6.67. The van der Waals surface area contributed by atoms with E-state index < -0.39 is 0 Å². The molecular weight excluding hydrogens is 224 g/mol. The third-order valence-electron chi connectivity index (χ3n) is 1.95. The Balaban J connectivity index is 2.85. The smallest absolute Gasteiger partial charge is 0.144 e. The molecule has 0 fully saturated rings. The van der Waals surface area contributed by atoms with Crippen molar-refractivity contribution in [1.29, 1.82) is 0 Å². The summed E-state index contributed by atoms with van der Waals surface area (Å²) in [5.41, 5.74) is 2.53. The van der Waals surface area contributed by atoms with Gasteiger partial charge < -0.3 is 10.5 Å². The summed E-state index contributed by atoms with van der Waals surface area (Å²) >= 11 is 1.52. The topological polar surface area (TPSA) is 84.1 Å². The minimum Gasteiger partial charge on any atom is -0.395 e. The number of aromatic nitrogens is 2. The minimum absolute atomic E-state index is 0.120. The first-order valence-electron chi connectivity index (χ1n) is 5.31. The van der Waals surface area contributed by atoms with Crippen LogP contribution in [0.2, 0.25) is 0 Å². The van der Waals surface area contributed by atoms with Crippen LogP contribution in [0.25, 0.3) is 0 Å². The van der Waals surface area contributed by atoms with Crippen LogP contribution in [0.1, 0.15) is 26.1 Å². The van der Waals surface area contributed by atoms with Gasteiger partial charge in [-0.3, -0.25) is 0 Å². The first-order chi connectivity index (χ1) is 7.69. The number of nitrogens with two attached hydrogens (primary N) is 1. The number of aliphatic hydroxyl groups is 1. The molecule has 5 nitrogen and oxygen atoms in total. The molecule has 1 rings (SSSR count). The monoisotopic (exact) mass is 242 g/mol. The Kier molecular flexibility index (Phi) is 5.51. The summed E-state index contributed by atoms with van der Waals surface area (Å²) in [5, 5.41) is 9.95. The second-order valence-corrected chi connectivity index (χ2v) is 4.97. The van der Waals surface area contributed by atoms with Crippen molar-refractivity contribution in [3.05, 3.63) is 11.9 Å². The standard InChI is InChI=1S/C10H18N4OS/c1-3-4-8-12-9(14-11)5-10(13-8)16-7(2)6-15/h5,7,15H,3-4,6,11H2,1-2H3,(H,12,13,14). The maximum atomic E-state index is 8.99. The molecule has 1 heterocycles. The van der Waals surface area contributed by atoms with Crippen LogP contribution in [0.15, 0.2) is 11.1 Å². The Morgan fingerprint density at radius 2 is 2.31 bits per heavy atom. The largest absolute Gasteiger partial charge is 0.395 e. The number of anilines is 1. The average Bonchev–Trinajstić information content (AvgIpc) is 2.29. The van der Waals surface area contributed by atoms with E-state index in [9.17, 15) is 0 Å². The molecule has 0 aliphatic heterocycles. The summed E-state index contributed by atoms with van der Waals surface area (Å²) in [7, 11) is 0. The molecule has 1 unspecified atom stereocenters. The van der Waals surface area contributed by atoms with E-state index in [2.05, 4.69) is 22.3 Å². The molecule has 0 aromatic carbocycles. The molecule has 0 saturated carbocycles. The van der Waals surface area contributed by atoms with Crippen molar-refractivity contribution >= 4 is 17.6 Å². The zero-order valence-electron chi connectivity index (χ0n) is 9.60. The highest BCUT2D eigenvalue weighted by Crippen LogP contribution is 2.23. The van der Waals surface area contributed by atoms with Crippen molar-refractivity contribution < 1.29 is 5.11 Å². The van der Waals surface area contributed by atoms with Crippen molar-refractivity contribution in [2.75, 3.05) is 12.0 Å². The molecule has 6 heteroatoms. The van der Waals surface area contributed by atoms with Gasteiger partial charge in [0.2, 0.25) is 0 Å². The molecule has 0 aliphatic carbocycles. The highest BCUT2D eigenvalue weighted by molar-refractivity contribution is 7.99. The van der Waals surface area contributed by atoms with Gasteiger partial charge in [-0.2, -0.15) is 0 Å². The summed E-state index contributed by atoms with van der Waals surface area (Å²) in [6, 6.07) is 1.79. The first kappa shape index (κ1) is 13.2. The van der Waals surface area contributed by atoms with E-state index in [1.165, 1.54) is 11.8 Å². The molecule has 0 saturated heterocycles. The third-order valence-corrected chi connectivity index (χ3v) is 2.95. The van der Waals surface area contributed by atoms with Crippen LogP contribution in [0.3, 0.4) is 0 Å². The minimum atomic E-state index is 0.120. The van der Waals surface area contributed by atoms with Gasteiger partial charge in [-0.15, -0.1) is 11.8 Å². The van der Waals surface area contributed by atoms with Gasteiger partial charge in [0, 0.05) is 17.7 Å². The molecule has 0 radical (unpaired) electrons. The molecule has 1 aromatic rings. The number of hydrogen-bond acceptors (Lipinski definition) is 6. The number of nitrogens with zero attached hydrogens (tertiary/aromatic N) is 2. The lowest BCUT2D eigenvalue weighted by Gasteiger charge is -2.09. The van der Waals surface area contributed by atoms with Crippen molar-refractivity contribution in [3.8, 4) is 0 Å². The van der Waals surface area contributed by atoms with Gasteiger partial charge in [0.1, 0.15) is 16.7 Å². The zero-order valence-corrected chi connectivity index (χ0v) is 10.4. The number of nitrogens with one attached hydrogen (secondary N) is 1. The van der Waals surface area contributed by atoms with E-state index in [-0.39, 0.29) is 11.9 Å². The van der Waals surface area contributed by atoms with Crippen molar-refractivity contribution in [1.82, 2.24) is 9.97 Å². The van der Waals surface area contributed by atoms with E-state index >= 15 is 0 Å². The average molecular weight is 242 g/mol. The molecule has 0 spiro atoms. The molecule has 90 valence electrons. The fourth-order valence-electron chi connectivity index (χ4n) is 1.19. The van der Waals surface area contributed by atoms with Crippen LogP contribution in [0.4, 0.5) is 5.82 Å². The SMILES string of the molecule is CCCc1nc(NN)cc(SC(C)CO)n1. The lowest BCUT2D eigenvalue weighted by molar-refractivity contribution is 0.300. The van der Waals surface area contributed by atoms with Crippen molar-refractivity contribution in [2.45, 2.75) is 37.0 Å². The van der Waals surface area contributed by atoms with E-state index in [0.29, 0.717) is 5.82 Å². The molecular formula is C10H18N4OS. The lowest BCUT2D eigenvalue weighted by atomic mass is 10.3. The van der Waals surface area contributed by atoms with Crippen LogP contribution in [-0.4, -0.2) is 26.9 Å². The third kappa shape index (κ3) is 3.96. The molecule has 1 atom stereocenters. The number of aryl methyl sites for hydroxylation is 1. The van der Waals surface area contributed by atoms with E-state index in [0.717, 1.165) is 23.7 Å². The summed E-state index contributed by atoms with van der Waals surface area (Å²) in [6.07, 6.45) is 1.82. The van der Waals surface area contributed by atoms with E-state index in [4.69, 9.17) is 10.9 Å². The van der Waals surface area contributed by atoms with Crippen LogP contribution in [0.5, 0.6) is 0 Å². The quantitative estimate of drug-likeness (QED) is 0.301. The molecule has 0 aliphatic rings. The van der Waals surface area contributed by atoms with Crippen molar-refractivity contribution in [2.24, 2.45) is 5.84 Å². The summed E-state index contributed by atoms with van der Waals surface area (Å²) in [4.78, 5) is 8.66. The van der Waals surface area contributed by atoms with E-state index in [1.54, 1.807) is 6.07 Å². The molecule has 0 amide bonds. The Hall–Kier alpha value is -0.850. The van der Waals surface area contributed by atoms with Crippen LogP contribution in [0, 0.1) is 0 Å². The number of hydrazine groups is 1. The van der Waals surface area contributed by atoms with Gasteiger partial charge in [0.05, 0.1) is 6.61 Å². The fraction of sp³-hybridized carbons (Fsp3) is 0.600. The van der Waals surface area contributed by atoms with Gasteiger partial charge in [-0.1, -0.05) is 13.8 Å². The zero-order chi connectivity index (χ0) is 12.0. The Labute approximate surface area is 99.8 Å². The number of thioether (sulfide) groups is 1.